The molecule has 2 heterocycles. The molecule has 1 aliphatic rings. The van der Waals surface area contributed by atoms with Crippen LogP contribution in [0.2, 0.25) is 0 Å². The molecular formula is C18H13F3N2O3S. The molecule has 0 bridgehead atoms. The maximum atomic E-state index is 12.8. The van der Waals surface area contributed by atoms with Gasteiger partial charge in [-0.05, 0) is 42.2 Å². The van der Waals surface area contributed by atoms with E-state index in [2.05, 4.69) is 9.97 Å². The minimum atomic E-state index is -4.47. The van der Waals surface area contributed by atoms with Crippen molar-refractivity contribution in [1.29, 1.82) is 0 Å². The molecule has 0 saturated heterocycles. The quantitative estimate of drug-likeness (QED) is 0.689. The Morgan fingerprint density at radius 3 is 2.78 bits per heavy atom. The third-order valence-corrected chi connectivity index (χ3v) is 5.44. The molecule has 0 unspecified atom stereocenters. The lowest BCUT2D eigenvalue weighted by Crippen LogP contribution is -2.05. The lowest BCUT2D eigenvalue weighted by Gasteiger charge is -2.12. The first kappa shape index (κ1) is 17.6. The third-order valence-electron chi connectivity index (χ3n) is 4.45. The maximum Gasteiger partial charge on any atom is 0.416 e. The van der Waals surface area contributed by atoms with Crippen LogP contribution in [0.25, 0.3) is 0 Å². The van der Waals surface area contributed by atoms with E-state index >= 15 is 0 Å². The lowest BCUT2D eigenvalue weighted by molar-refractivity contribution is -0.137. The van der Waals surface area contributed by atoms with Crippen LogP contribution in [0.3, 0.4) is 0 Å². The van der Waals surface area contributed by atoms with Gasteiger partial charge in [-0.3, -0.25) is 9.78 Å². The number of aryl methyl sites for hydroxylation is 1. The highest BCUT2D eigenvalue weighted by atomic mass is 32.1. The molecule has 9 heteroatoms. The summed E-state index contributed by atoms with van der Waals surface area (Å²) in [7, 11) is 0. The second-order valence-corrected chi connectivity index (χ2v) is 7.18. The number of ether oxygens (including phenoxy) is 1. The Kier molecular flexibility index (Phi) is 4.18. The number of hydrogen-bond acceptors (Lipinski definition) is 5. The Morgan fingerprint density at radius 2 is 2.07 bits per heavy atom. The molecule has 5 nitrogen and oxygen atoms in total. The normalized spacial score (nSPS) is 16.3. The number of hydrogen-bond donors (Lipinski definition) is 2. The summed E-state index contributed by atoms with van der Waals surface area (Å²) in [6.45, 7) is 0. The SMILES string of the molecule is O=c1[nH]c(O)c([C@@H]2CCc3cc(Oc4cc(C(F)(F)F)ccn4)ccc32)s1. The fraction of sp³-hybridized carbons (Fsp3) is 0.222. The third kappa shape index (κ3) is 3.42. The average molecular weight is 394 g/mol. The van der Waals surface area contributed by atoms with Gasteiger partial charge in [-0.1, -0.05) is 17.4 Å². The largest absolute Gasteiger partial charge is 0.494 e. The van der Waals surface area contributed by atoms with Crippen molar-refractivity contribution >= 4 is 11.3 Å². The zero-order valence-electron chi connectivity index (χ0n) is 13.7. The number of halogens is 3. The van der Waals surface area contributed by atoms with Crippen LogP contribution in [0.5, 0.6) is 17.5 Å². The van der Waals surface area contributed by atoms with E-state index in [0.717, 1.165) is 47.2 Å². The van der Waals surface area contributed by atoms with E-state index in [-0.39, 0.29) is 22.6 Å². The van der Waals surface area contributed by atoms with Gasteiger partial charge in [-0.15, -0.1) is 0 Å². The fourth-order valence-electron chi connectivity index (χ4n) is 3.26. The number of thiazole rings is 1. The Morgan fingerprint density at radius 1 is 1.26 bits per heavy atom. The highest BCUT2D eigenvalue weighted by Crippen LogP contribution is 2.43. The first-order valence-electron chi connectivity index (χ1n) is 8.07. The molecule has 0 radical (unpaired) electrons. The Hall–Kier alpha value is -2.81. The Bertz CT molecular complexity index is 1060. The van der Waals surface area contributed by atoms with Gasteiger partial charge in [0.1, 0.15) is 5.75 Å². The molecule has 1 aromatic carbocycles. The van der Waals surface area contributed by atoms with Gasteiger partial charge in [0.2, 0.25) is 11.8 Å². The number of alkyl halides is 3. The zero-order chi connectivity index (χ0) is 19.2. The van der Waals surface area contributed by atoms with Crippen LogP contribution in [-0.4, -0.2) is 15.1 Å². The van der Waals surface area contributed by atoms with Gasteiger partial charge < -0.3 is 9.84 Å². The van der Waals surface area contributed by atoms with Gasteiger partial charge in [0.25, 0.3) is 0 Å². The second kappa shape index (κ2) is 6.41. The van der Waals surface area contributed by atoms with Crippen molar-refractivity contribution in [3.05, 3.63) is 67.8 Å². The van der Waals surface area contributed by atoms with E-state index < -0.39 is 11.7 Å². The van der Waals surface area contributed by atoms with Crippen molar-refractivity contribution in [2.45, 2.75) is 24.9 Å². The molecule has 0 spiro atoms. The van der Waals surface area contributed by atoms with E-state index in [1.54, 1.807) is 18.2 Å². The van der Waals surface area contributed by atoms with Gasteiger partial charge in [-0.25, -0.2) is 4.98 Å². The van der Waals surface area contributed by atoms with Crippen molar-refractivity contribution in [2.75, 3.05) is 0 Å². The molecular weight excluding hydrogens is 381 g/mol. The number of pyridine rings is 1. The van der Waals surface area contributed by atoms with Crippen LogP contribution in [0, 0.1) is 0 Å². The number of aromatic hydroxyl groups is 1. The summed E-state index contributed by atoms with van der Waals surface area (Å²) in [5, 5.41) is 9.89. The first-order valence-corrected chi connectivity index (χ1v) is 8.89. The summed E-state index contributed by atoms with van der Waals surface area (Å²) in [6.07, 6.45) is -1.98. The summed E-state index contributed by atoms with van der Waals surface area (Å²) in [6, 6.07) is 6.94. The maximum absolute atomic E-state index is 12.8. The van der Waals surface area contributed by atoms with Crippen molar-refractivity contribution in [3.8, 4) is 17.5 Å². The van der Waals surface area contributed by atoms with E-state index in [9.17, 15) is 23.1 Å². The molecule has 2 aromatic heterocycles. The minimum Gasteiger partial charge on any atom is -0.494 e. The van der Waals surface area contributed by atoms with E-state index in [4.69, 9.17) is 4.74 Å². The van der Waals surface area contributed by atoms with Gasteiger partial charge >= 0.3 is 11.0 Å². The first-order chi connectivity index (χ1) is 12.8. The predicted molar refractivity (Wildman–Crippen MR) is 92.5 cm³/mol. The van der Waals surface area contributed by atoms with Crippen LogP contribution in [0.15, 0.2) is 41.3 Å². The molecule has 4 rings (SSSR count). The van der Waals surface area contributed by atoms with E-state index in [1.165, 1.54) is 0 Å². The molecule has 140 valence electrons. The summed E-state index contributed by atoms with van der Waals surface area (Å²) in [5.74, 6) is 0.0366. The number of aromatic amines is 1. The number of nitrogens with zero attached hydrogens (tertiary/aromatic N) is 1. The van der Waals surface area contributed by atoms with Gasteiger partial charge in [-0.2, -0.15) is 13.2 Å². The van der Waals surface area contributed by atoms with Crippen molar-refractivity contribution in [3.63, 3.8) is 0 Å². The monoisotopic (exact) mass is 394 g/mol. The van der Waals surface area contributed by atoms with Crippen LogP contribution >= 0.6 is 11.3 Å². The van der Waals surface area contributed by atoms with Crippen LogP contribution < -0.4 is 9.61 Å². The molecule has 0 amide bonds. The van der Waals surface area contributed by atoms with Gasteiger partial charge in [0.05, 0.1) is 10.4 Å². The zero-order valence-corrected chi connectivity index (χ0v) is 14.5. The highest BCUT2D eigenvalue weighted by molar-refractivity contribution is 7.09. The van der Waals surface area contributed by atoms with Crippen LogP contribution in [0.4, 0.5) is 13.2 Å². The van der Waals surface area contributed by atoms with Gasteiger partial charge in [0, 0.05) is 18.2 Å². The smallest absolute Gasteiger partial charge is 0.416 e. The standard InChI is InChI=1S/C18H13F3N2O3S/c19-18(20,21)10-5-6-22-14(8-10)26-11-2-4-12-9(7-11)1-3-13(12)15-16(24)23-17(25)27-15/h2,4-8,13,24H,1,3H2,(H,23,25)/t13-/m1/s1. The number of nitrogens with one attached hydrogen (secondary N) is 1. The summed E-state index contributed by atoms with van der Waals surface area (Å²) < 4.78 is 43.9. The number of benzene rings is 1. The van der Waals surface area contributed by atoms with Gasteiger partial charge in [0.15, 0.2) is 0 Å². The highest BCUT2D eigenvalue weighted by Gasteiger charge is 2.31. The van der Waals surface area contributed by atoms with Crippen LogP contribution in [-0.2, 0) is 12.6 Å². The summed E-state index contributed by atoms with van der Waals surface area (Å²) in [4.78, 5) is 17.9. The molecule has 3 aromatic rings. The topological polar surface area (TPSA) is 75.2 Å². The number of H-pyrrole nitrogens is 1. The molecule has 1 aliphatic carbocycles. The molecule has 2 N–H and O–H groups in total. The van der Waals surface area contributed by atoms with E-state index in [0.29, 0.717) is 17.0 Å². The molecule has 0 saturated carbocycles. The number of fused-ring (bicyclic) bond motifs is 1. The number of rotatable bonds is 3. The Balaban J connectivity index is 1.60. The second-order valence-electron chi connectivity index (χ2n) is 6.16. The summed E-state index contributed by atoms with van der Waals surface area (Å²) in [5.41, 5.74) is 1.10. The fourth-order valence-corrected chi connectivity index (χ4v) is 4.14. The van der Waals surface area contributed by atoms with E-state index in [1.807, 2.05) is 0 Å². The minimum absolute atomic E-state index is 0.0929. The molecule has 0 fully saturated rings. The van der Waals surface area contributed by atoms with Crippen molar-refractivity contribution in [1.82, 2.24) is 9.97 Å². The van der Waals surface area contributed by atoms with Crippen molar-refractivity contribution in [2.24, 2.45) is 0 Å². The van der Waals surface area contributed by atoms with Crippen LogP contribution in [0.1, 0.15) is 33.9 Å². The average Bonchev–Trinajstić information content (AvgIpc) is 3.16. The number of aromatic nitrogens is 2. The predicted octanol–water partition coefficient (Wildman–Crippen LogP) is 4.43. The Labute approximate surface area is 155 Å². The molecule has 27 heavy (non-hydrogen) atoms. The van der Waals surface area contributed by atoms with Crippen molar-refractivity contribution < 1.29 is 23.0 Å². The molecule has 1 atom stereocenters. The lowest BCUT2D eigenvalue weighted by atomic mass is 10.00. The summed E-state index contributed by atoms with van der Waals surface area (Å²) >= 11 is 0.977. The molecule has 0 aliphatic heterocycles.